The molecule has 0 fully saturated rings. The fourth-order valence-electron chi connectivity index (χ4n) is 1.80. The lowest BCUT2D eigenvalue weighted by molar-refractivity contribution is -0.133. The second kappa shape index (κ2) is 8.61. The average Bonchev–Trinajstić information content (AvgIpc) is 2.34. The number of Topliss-reactive ketones (excluding diaryl/α,β-unsaturated/α-hetero) is 1. The molecule has 0 bridgehead atoms. The van der Waals surface area contributed by atoms with E-state index in [4.69, 9.17) is 11.5 Å². The summed E-state index contributed by atoms with van der Waals surface area (Å²) in [6.45, 7) is 8.58. The van der Waals surface area contributed by atoms with Gasteiger partial charge in [0.15, 0.2) is 5.78 Å². The zero-order chi connectivity index (χ0) is 18.4. The zero-order valence-corrected chi connectivity index (χ0v) is 14.4. The van der Waals surface area contributed by atoms with Gasteiger partial charge in [0.25, 0.3) is 0 Å². The summed E-state index contributed by atoms with van der Waals surface area (Å²) in [5, 5.41) is 4.89. The summed E-state index contributed by atoms with van der Waals surface area (Å²) >= 11 is 0. The third kappa shape index (κ3) is 8.92. The third-order valence-electron chi connectivity index (χ3n) is 2.98. The van der Waals surface area contributed by atoms with Gasteiger partial charge in [-0.2, -0.15) is 0 Å². The highest BCUT2D eigenvalue weighted by Gasteiger charge is 2.28. The van der Waals surface area contributed by atoms with E-state index in [1.165, 1.54) is 13.8 Å². The number of rotatable bonds is 8. The normalized spacial score (nSPS) is 15.2. The summed E-state index contributed by atoms with van der Waals surface area (Å²) in [5.41, 5.74) is 10.3. The van der Waals surface area contributed by atoms with E-state index in [0.29, 0.717) is 0 Å². The number of hydrogen-bond donors (Lipinski definition) is 4. The van der Waals surface area contributed by atoms with Crippen LogP contribution in [0.1, 0.15) is 47.5 Å². The highest BCUT2D eigenvalue weighted by molar-refractivity contribution is 5.95. The van der Waals surface area contributed by atoms with Gasteiger partial charge in [-0.1, -0.05) is 20.8 Å². The summed E-state index contributed by atoms with van der Waals surface area (Å²) in [7, 11) is 0. The van der Waals surface area contributed by atoms with Crippen molar-refractivity contribution in [2.24, 2.45) is 16.9 Å². The Kier molecular flexibility index (Phi) is 7.88. The molecule has 6 N–H and O–H groups in total. The minimum absolute atomic E-state index is 0.186. The molecule has 8 heteroatoms. The molecule has 0 radical (unpaired) electrons. The van der Waals surface area contributed by atoms with Crippen LogP contribution >= 0.6 is 0 Å². The summed E-state index contributed by atoms with van der Waals surface area (Å²) < 4.78 is 0. The molecule has 0 saturated heterocycles. The maximum absolute atomic E-state index is 12.3. The first kappa shape index (κ1) is 21.0. The van der Waals surface area contributed by atoms with Gasteiger partial charge in [-0.15, -0.1) is 0 Å². The first-order valence-corrected chi connectivity index (χ1v) is 7.51. The molecule has 0 saturated carbocycles. The van der Waals surface area contributed by atoms with Gasteiger partial charge < -0.3 is 22.1 Å². The van der Waals surface area contributed by atoms with Crippen molar-refractivity contribution < 1.29 is 19.2 Å². The fourth-order valence-corrected chi connectivity index (χ4v) is 1.80. The van der Waals surface area contributed by atoms with Crippen LogP contribution in [0, 0.1) is 5.41 Å². The highest BCUT2D eigenvalue weighted by Crippen LogP contribution is 2.20. The Labute approximate surface area is 136 Å². The number of nitrogens with two attached hydrogens (primary N) is 2. The Bertz CT molecular complexity index is 469. The lowest BCUT2D eigenvalue weighted by atomic mass is 9.87. The van der Waals surface area contributed by atoms with Crippen molar-refractivity contribution >= 4 is 23.5 Å². The van der Waals surface area contributed by atoms with Crippen LogP contribution in [0.2, 0.25) is 0 Å². The van der Waals surface area contributed by atoms with Crippen LogP contribution in [0.5, 0.6) is 0 Å². The average molecular weight is 328 g/mol. The minimum Gasteiger partial charge on any atom is -0.370 e. The van der Waals surface area contributed by atoms with Crippen LogP contribution in [0.3, 0.4) is 0 Å². The van der Waals surface area contributed by atoms with Crippen molar-refractivity contribution in [3.63, 3.8) is 0 Å². The lowest BCUT2D eigenvalue weighted by Gasteiger charge is -2.24. The number of carbonyl (C=O) groups is 4. The molecule has 3 amide bonds. The van der Waals surface area contributed by atoms with Crippen molar-refractivity contribution in [3.8, 4) is 0 Å². The number of hydrogen-bond acceptors (Lipinski definition) is 5. The Morgan fingerprint density at radius 1 is 1.00 bits per heavy atom. The van der Waals surface area contributed by atoms with Gasteiger partial charge >= 0.3 is 0 Å². The van der Waals surface area contributed by atoms with Gasteiger partial charge in [0.1, 0.15) is 6.04 Å². The first-order valence-electron chi connectivity index (χ1n) is 7.51. The lowest BCUT2D eigenvalue weighted by Crippen LogP contribution is -2.53. The number of amides is 3. The van der Waals surface area contributed by atoms with E-state index in [2.05, 4.69) is 10.6 Å². The van der Waals surface area contributed by atoms with Gasteiger partial charge in [-0.25, -0.2) is 0 Å². The van der Waals surface area contributed by atoms with Crippen LogP contribution in [0.25, 0.3) is 0 Å². The van der Waals surface area contributed by atoms with Crippen molar-refractivity contribution in [2.75, 3.05) is 0 Å². The quantitative estimate of drug-likeness (QED) is 0.461. The van der Waals surface area contributed by atoms with Crippen molar-refractivity contribution in [1.82, 2.24) is 10.6 Å². The summed E-state index contributed by atoms with van der Waals surface area (Å²) in [5.74, 6) is -2.03. The van der Waals surface area contributed by atoms with E-state index in [1.807, 2.05) is 20.8 Å². The molecular formula is C15H28N4O4. The Hall–Kier alpha value is -1.96. The van der Waals surface area contributed by atoms with Crippen LogP contribution in [-0.4, -0.2) is 41.6 Å². The molecular weight excluding hydrogens is 300 g/mol. The van der Waals surface area contributed by atoms with E-state index in [-0.39, 0.29) is 24.0 Å². The second-order valence-corrected chi connectivity index (χ2v) is 6.95. The van der Waals surface area contributed by atoms with Crippen LogP contribution in [-0.2, 0) is 19.2 Å². The monoisotopic (exact) mass is 328 g/mol. The van der Waals surface area contributed by atoms with Gasteiger partial charge in [0.05, 0.1) is 18.5 Å². The predicted molar refractivity (Wildman–Crippen MR) is 86.1 cm³/mol. The van der Waals surface area contributed by atoms with E-state index >= 15 is 0 Å². The molecule has 0 rings (SSSR count). The topological polar surface area (TPSA) is 144 Å². The SMILES string of the molecule is C[C@H](N)C(=O)N[C@@H](C)C(=O)N[C@@H](CC(N)=O)C(=O)CC(C)(C)C. The smallest absolute Gasteiger partial charge is 0.242 e. The minimum atomic E-state index is -1.01. The van der Waals surface area contributed by atoms with Crippen LogP contribution in [0.4, 0.5) is 0 Å². The molecule has 3 atom stereocenters. The van der Waals surface area contributed by atoms with E-state index in [0.717, 1.165) is 0 Å². The number of ketones is 1. The largest absolute Gasteiger partial charge is 0.370 e. The Morgan fingerprint density at radius 2 is 1.52 bits per heavy atom. The maximum Gasteiger partial charge on any atom is 0.242 e. The molecule has 0 aromatic carbocycles. The van der Waals surface area contributed by atoms with E-state index in [1.54, 1.807) is 0 Å². The Balaban J connectivity index is 4.88. The van der Waals surface area contributed by atoms with Gasteiger partial charge in [0, 0.05) is 6.42 Å². The molecule has 0 aliphatic rings. The number of nitrogens with one attached hydrogen (secondary N) is 2. The molecule has 0 aliphatic carbocycles. The number of primary amides is 1. The van der Waals surface area contributed by atoms with E-state index < -0.39 is 35.8 Å². The Morgan fingerprint density at radius 3 is 1.91 bits per heavy atom. The van der Waals surface area contributed by atoms with Crippen molar-refractivity contribution in [3.05, 3.63) is 0 Å². The van der Waals surface area contributed by atoms with Crippen LogP contribution in [0.15, 0.2) is 0 Å². The van der Waals surface area contributed by atoms with Crippen LogP contribution < -0.4 is 22.1 Å². The molecule has 0 aromatic rings. The molecule has 0 aromatic heterocycles. The van der Waals surface area contributed by atoms with Gasteiger partial charge in [0.2, 0.25) is 17.7 Å². The summed E-state index contributed by atoms with van der Waals surface area (Å²) in [6, 6.07) is -2.64. The molecule has 0 heterocycles. The molecule has 132 valence electrons. The van der Waals surface area contributed by atoms with Gasteiger partial charge in [-0.3, -0.25) is 19.2 Å². The molecule has 8 nitrogen and oxygen atoms in total. The highest BCUT2D eigenvalue weighted by atomic mass is 16.2. The predicted octanol–water partition coefficient (Wildman–Crippen LogP) is -0.796. The summed E-state index contributed by atoms with van der Waals surface area (Å²) in [6.07, 6.45) is -0.0968. The third-order valence-corrected chi connectivity index (χ3v) is 2.98. The molecule has 23 heavy (non-hydrogen) atoms. The zero-order valence-electron chi connectivity index (χ0n) is 14.4. The molecule has 0 aliphatic heterocycles. The van der Waals surface area contributed by atoms with Crippen molar-refractivity contribution in [2.45, 2.75) is 65.6 Å². The first-order chi connectivity index (χ1) is 10.3. The summed E-state index contributed by atoms with van der Waals surface area (Å²) in [4.78, 5) is 47.0. The molecule has 0 unspecified atom stereocenters. The van der Waals surface area contributed by atoms with E-state index in [9.17, 15) is 19.2 Å². The fraction of sp³-hybridized carbons (Fsp3) is 0.733. The maximum atomic E-state index is 12.3. The second-order valence-electron chi connectivity index (χ2n) is 6.95. The number of carbonyl (C=O) groups excluding carboxylic acids is 4. The van der Waals surface area contributed by atoms with Crippen molar-refractivity contribution in [1.29, 1.82) is 0 Å². The molecule has 0 spiro atoms. The standard InChI is InChI=1S/C15H28N4O4/c1-8(16)13(22)18-9(2)14(23)19-10(6-12(17)21)11(20)7-15(3,4)5/h8-10H,6-7,16H2,1-5H3,(H2,17,21)(H,18,22)(H,19,23)/t8-,9-,10-/m0/s1. The van der Waals surface area contributed by atoms with Gasteiger partial charge in [-0.05, 0) is 19.3 Å².